The number of hydrogen-bond acceptors (Lipinski definition) is 4. The molecule has 5 nitrogen and oxygen atoms in total. The molecule has 30 heavy (non-hydrogen) atoms. The van der Waals surface area contributed by atoms with E-state index in [9.17, 15) is 9.90 Å². The molecule has 1 atom stereocenters. The molecule has 1 aromatic heterocycles. The van der Waals surface area contributed by atoms with E-state index in [0.29, 0.717) is 12.5 Å². The molecule has 0 bridgehead atoms. The Labute approximate surface area is 179 Å². The Hall–Kier alpha value is -2.66. The van der Waals surface area contributed by atoms with Crippen LogP contribution in [0.4, 0.5) is 0 Å². The zero-order valence-electron chi connectivity index (χ0n) is 18.2. The fourth-order valence-electron chi connectivity index (χ4n) is 4.11. The van der Waals surface area contributed by atoms with Gasteiger partial charge in [0.05, 0.1) is 12.0 Å². The van der Waals surface area contributed by atoms with Gasteiger partial charge in [-0.05, 0) is 74.4 Å². The summed E-state index contributed by atoms with van der Waals surface area (Å²) in [5.41, 5.74) is 4.51. The van der Waals surface area contributed by atoms with Gasteiger partial charge in [0.25, 0.3) is 0 Å². The summed E-state index contributed by atoms with van der Waals surface area (Å²) in [7, 11) is 0. The molecule has 2 heterocycles. The van der Waals surface area contributed by atoms with Gasteiger partial charge in [0.1, 0.15) is 0 Å². The van der Waals surface area contributed by atoms with E-state index in [0.717, 1.165) is 49.0 Å². The van der Waals surface area contributed by atoms with E-state index < -0.39 is 11.4 Å². The second kappa shape index (κ2) is 9.43. The number of aromatic nitrogens is 1. The Balaban J connectivity index is 1.97. The van der Waals surface area contributed by atoms with Gasteiger partial charge >= 0.3 is 5.97 Å². The van der Waals surface area contributed by atoms with Crippen LogP contribution in [0, 0.1) is 12.3 Å². The lowest BCUT2D eigenvalue weighted by Crippen LogP contribution is -2.33. The van der Waals surface area contributed by atoms with Gasteiger partial charge in [-0.15, -0.1) is 6.58 Å². The summed E-state index contributed by atoms with van der Waals surface area (Å²) < 4.78 is 5.75. The summed E-state index contributed by atoms with van der Waals surface area (Å²) in [4.78, 5) is 16.7. The van der Waals surface area contributed by atoms with Crippen LogP contribution in [0.1, 0.15) is 60.4 Å². The molecule has 0 saturated carbocycles. The highest BCUT2D eigenvalue weighted by molar-refractivity contribution is 5.76. The molecule has 0 radical (unpaired) electrons. The van der Waals surface area contributed by atoms with Crippen molar-refractivity contribution in [3.8, 4) is 5.88 Å². The number of aliphatic carboxylic acids is 1. The summed E-state index contributed by atoms with van der Waals surface area (Å²) >= 11 is 0. The predicted octanol–water partition coefficient (Wildman–Crippen LogP) is 4.62. The first kappa shape index (κ1) is 22.0. The smallest absolute Gasteiger partial charge is 0.310 e. The zero-order valence-corrected chi connectivity index (χ0v) is 18.2. The molecule has 160 valence electrons. The van der Waals surface area contributed by atoms with Crippen molar-refractivity contribution < 1.29 is 14.6 Å². The second-order valence-electron chi connectivity index (χ2n) is 8.57. The van der Waals surface area contributed by atoms with Gasteiger partial charge in [0, 0.05) is 24.7 Å². The lowest BCUT2D eigenvalue weighted by atomic mass is 9.70. The van der Waals surface area contributed by atoms with Crippen LogP contribution < -0.4 is 10.1 Å². The molecule has 2 N–H and O–H groups in total. The Kier molecular flexibility index (Phi) is 6.93. The standard InChI is InChI=1S/C25H32N2O3/c1-5-6-7-12-30-22-13-17(2)21(16-27-22)23(25(3,4)24(28)29)19-9-8-18-10-11-26-15-20(18)14-19/h5,8-9,13-14,16,23,26H,1,6-7,10-12,15H2,2-4H3,(H,28,29). The number of carboxylic acid groups (broad SMARTS) is 1. The topological polar surface area (TPSA) is 71.5 Å². The maximum Gasteiger partial charge on any atom is 0.310 e. The largest absolute Gasteiger partial charge is 0.481 e. The maximum absolute atomic E-state index is 12.2. The van der Waals surface area contributed by atoms with Gasteiger partial charge in [-0.1, -0.05) is 24.3 Å². The highest BCUT2D eigenvalue weighted by atomic mass is 16.5. The number of unbranched alkanes of at least 4 members (excludes halogenated alkanes) is 1. The number of allylic oxidation sites excluding steroid dienone is 1. The number of carbonyl (C=O) groups is 1. The minimum Gasteiger partial charge on any atom is -0.481 e. The average molecular weight is 409 g/mol. The van der Waals surface area contributed by atoms with Crippen molar-refractivity contribution in [2.24, 2.45) is 5.41 Å². The van der Waals surface area contributed by atoms with Gasteiger partial charge in [0.2, 0.25) is 5.88 Å². The molecule has 0 amide bonds. The fraction of sp³-hybridized carbons (Fsp3) is 0.440. The number of hydrogen-bond donors (Lipinski definition) is 2. The van der Waals surface area contributed by atoms with E-state index >= 15 is 0 Å². The van der Waals surface area contributed by atoms with Crippen LogP contribution in [-0.2, 0) is 17.8 Å². The number of aryl methyl sites for hydroxylation is 1. The van der Waals surface area contributed by atoms with Crippen molar-refractivity contribution in [1.29, 1.82) is 0 Å². The number of benzene rings is 1. The molecule has 1 aromatic carbocycles. The Morgan fingerprint density at radius 2 is 2.17 bits per heavy atom. The summed E-state index contributed by atoms with van der Waals surface area (Å²) in [6.45, 7) is 11.7. The van der Waals surface area contributed by atoms with Crippen LogP contribution in [0.5, 0.6) is 5.88 Å². The summed E-state index contributed by atoms with van der Waals surface area (Å²) in [6.07, 6.45) is 6.45. The van der Waals surface area contributed by atoms with Crippen LogP contribution in [0.2, 0.25) is 0 Å². The van der Waals surface area contributed by atoms with Crippen molar-refractivity contribution in [2.75, 3.05) is 13.2 Å². The van der Waals surface area contributed by atoms with Crippen molar-refractivity contribution in [1.82, 2.24) is 10.3 Å². The van der Waals surface area contributed by atoms with Gasteiger partial charge in [-0.25, -0.2) is 4.98 Å². The van der Waals surface area contributed by atoms with Gasteiger partial charge in [-0.3, -0.25) is 4.79 Å². The first-order valence-electron chi connectivity index (χ1n) is 10.6. The van der Waals surface area contributed by atoms with Crippen molar-refractivity contribution in [3.05, 3.63) is 70.9 Å². The zero-order chi connectivity index (χ0) is 21.7. The number of fused-ring (bicyclic) bond motifs is 1. The van der Waals surface area contributed by atoms with E-state index in [1.54, 1.807) is 20.0 Å². The van der Waals surface area contributed by atoms with Gasteiger partial charge in [-0.2, -0.15) is 0 Å². The third-order valence-electron chi connectivity index (χ3n) is 5.96. The van der Waals surface area contributed by atoms with Crippen molar-refractivity contribution in [2.45, 2.75) is 52.5 Å². The van der Waals surface area contributed by atoms with Crippen LogP contribution in [0.15, 0.2) is 43.1 Å². The molecule has 0 spiro atoms. The molecule has 1 aliphatic rings. The van der Waals surface area contributed by atoms with E-state index in [1.165, 1.54) is 11.1 Å². The molecule has 5 heteroatoms. The maximum atomic E-state index is 12.2. The monoisotopic (exact) mass is 408 g/mol. The number of ether oxygens (including phenoxy) is 1. The number of carboxylic acids is 1. The fourth-order valence-corrected chi connectivity index (χ4v) is 4.11. The quantitative estimate of drug-likeness (QED) is 0.468. The first-order chi connectivity index (χ1) is 14.3. The number of pyridine rings is 1. The molecule has 0 aliphatic carbocycles. The third kappa shape index (κ3) is 4.73. The number of nitrogens with one attached hydrogen (secondary N) is 1. The molecular weight excluding hydrogens is 376 g/mol. The molecule has 2 aromatic rings. The minimum absolute atomic E-state index is 0.315. The van der Waals surface area contributed by atoms with E-state index in [1.807, 2.05) is 19.1 Å². The van der Waals surface area contributed by atoms with E-state index in [-0.39, 0.29) is 5.92 Å². The van der Waals surface area contributed by atoms with Crippen molar-refractivity contribution >= 4 is 5.97 Å². The molecule has 0 fully saturated rings. The van der Waals surface area contributed by atoms with Crippen molar-refractivity contribution in [3.63, 3.8) is 0 Å². The predicted molar refractivity (Wildman–Crippen MR) is 119 cm³/mol. The molecule has 0 saturated heterocycles. The van der Waals surface area contributed by atoms with Crippen LogP contribution in [0.25, 0.3) is 0 Å². The first-order valence-corrected chi connectivity index (χ1v) is 10.6. The lowest BCUT2D eigenvalue weighted by Gasteiger charge is -2.33. The summed E-state index contributed by atoms with van der Waals surface area (Å²) in [5, 5.41) is 13.4. The SMILES string of the molecule is C=CCCCOc1cc(C)c(C(c2ccc3c(c2)CNCC3)C(C)(C)C(=O)O)cn1. The average Bonchev–Trinajstić information content (AvgIpc) is 2.72. The van der Waals surface area contributed by atoms with Crippen LogP contribution in [0.3, 0.4) is 0 Å². The third-order valence-corrected chi connectivity index (χ3v) is 5.96. The van der Waals surface area contributed by atoms with Gasteiger partial charge in [0.15, 0.2) is 0 Å². The molecule has 3 rings (SSSR count). The Morgan fingerprint density at radius 3 is 2.87 bits per heavy atom. The minimum atomic E-state index is -0.991. The lowest BCUT2D eigenvalue weighted by molar-refractivity contribution is -0.147. The molecular formula is C25H32N2O3. The second-order valence-corrected chi connectivity index (χ2v) is 8.57. The molecule has 1 unspecified atom stereocenters. The summed E-state index contributed by atoms with van der Waals surface area (Å²) in [5.74, 6) is -0.570. The number of nitrogens with zero attached hydrogens (tertiary/aromatic N) is 1. The van der Waals surface area contributed by atoms with E-state index in [4.69, 9.17) is 4.74 Å². The van der Waals surface area contributed by atoms with Gasteiger partial charge < -0.3 is 15.2 Å². The normalized spacial score (nSPS) is 14.6. The van der Waals surface area contributed by atoms with Crippen LogP contribution in [-0.4, -0.2) is 29.2 Å². The highest BCUT2D eigenvalue weighted by Gasteiger charge is 2.40. The summed E-state index contributed by atoms with van der Waals surface area (Å²) in [6, 6.07) is 8.30. The van der Waals surface area contributed by atoms with Crippen LogP contribution >= 0.6 is 0 Å². The Bertz CT molecular complexity index is 921. The number of rotatable bonds is 9. The van der Waals surface area contributed by atoms with E-state index in [2.05, 4.69) is 35.1 Å². The molecule has 1 aliphatic heterocycles. The Morgan fingerprint density at radius 1 is 1.37 bits per heavy atom. The highest BCUT2D eigenvalue weighted by Crippen LogP contribution is 2.43.